The molecule has 0 aromatic heterocycles. The summed E-state index contributed by atoms with van der Waals surface area (Å²) in [7, 11) is 0. The molecule has 0 aromatic carbocycles. The van der Waals surface area contributed by atoms with E-state index in [1.165, 1.54) is 6.42 Å². The molecule has 0 fully saturated rings. The summed E-state index contributed by atoms with van der Waals surface area (Å²) in [5, 5.41) is 8.36. The molecule has 0 aliphatic heterocycles. The van der Waals surface area contributed by atoms with Crippen molar-refractivity contribution in [1.82, 2.24) is 0 Å². The molecule has 0 rings (SSSR count). The topological polar surface area (TPSA) is 55.8 Å². The van der Waals surface area contributed by atoms with E-state index < -0.39 is 5.97 Å². The first kappa shape index (κ1) is 16.0. The van der Waals surface area contributed by atoms with Gasteiger partial charge in [0, 0.05) is 0 Å². The number of carbonyl (C=O) groups is 1. The van der Waals surface area contributed by atoms with Crippen molar-refractivity contribution in [2.75, 3.05) is 19.8 Å². The van der Waals surface area contributed by atoms with E-state index >= 15 is 0 Å². The Morgan fingerprint density at radius 3 is 2.71 bits per heavy atom. The van der Waals surface area contributed by atoms with Crippen molar-refractivity contribution in [1.29, 1.82) is 0 Å². The van der Waals surface area contributed by atoms with Crippen molar-refractivity contribution < 1.29 is 19.4 Å². The first-order valence-corrected chi connectivity index (χ1v) is 6.19. The van der Waals surface area contributed by atoms with Gasteiger partial charge in [-0.1, -0.05) is 13.8 Å². The monoisotopic (exact) mass is 244 g/mol. The zero-order valence-corrected chi connectivity index (χ0v) is 10.9. The highest BCUT2D eigenvalue weighted by Crippen LogP contribution is 2.03. The number of ether oxygens (including phenoxy) is 2. The second-order valence-electron chi connectivity index (χ2n) is 4.32. The molecule has 0 bridgehead atoms. The minimum Gasteiger partial charge on any atom is -0.502 e. The second kappa shape index (κ2) is 11.5. The molecule has 0 aliphatic rings. The lowest BCUT2D eigenvalue weighted by Crippen LogP contribution is -2.03. The Morgan fingerprint density at radius 1 is 1.29 bits per heavy atom. The molecular formula is C13H24O4. The summed E-state index contributed by atoms with van der Waals surface area (Å²) in [6.45, 7) is 5.97. The summed E-state index contributed by atoms with van der Waals surface area (Å²) in [5.74, 6) is -0.0979. The maximum Gasteiger partial charge on any atom is 0.305 e. The summed E-state index contributed by atoms with van der Waals surface area (Å²) in [6, 6.07) is 0. The molecule has 0 spiro atoms. The molecule has 100 valence electrons. The van der Waals surface area contributed by atoms with Crippen LogP contribution in [0.25, 0.3) is 0 Å². The molecular weight excluding hydrogens is 220 g/mol. The van der Waals surface area contributed by atoms with Crippen molar-refractivity contribution in [3.63, 3.8) is 0 Å². The number of rotatable bonds is 11. The SMILES string of the molecule is CC(C)CCCO/C=C/CCOCCC(=O)O. The predicted octanol–water partition coefficient (Wildman–Crippen LogP) is 2.83. The Bertz CT molecular complexity index is 211. The Hall–Kier alpha value is -1.03. The lowest BCUT2D eigenvalue weighted by atomic mass is 10.1. The van der Waals surface area contributed by atoms with Gasteiger partial charge in [0.2, 0.25) is 0 Å². The van der Waals surface area contributed by atoms with Gasteiger partial charge in [0.05, 0.1) is 32.5 Å². The highest BCUT2D eigenvalue weighted by molar-refractivity contribution is 5.66. The zero-order chi connectivity index (χ0) is 12.9. The molecule has 0 heterocycles. The number of carboxylic acids is 1. The summed E-state index contributed by atoms with van der Waals surface area (Å²) in [5.41, 5.74) is 0. The lowest BCUT2D eigenvalue weighted by Gasteiger charge is -2.03. The van der Waals surface area contributed by atoms with E-state index in [0.29, 0.717) is 6.61 Å². The molecule has 17 heavy (non-hydrogen) atoms. The summed E-state index contributed by atoms with van der Waals surface area (Å²) < 4.78 is 10.4. The van der Waals surface area contributed by atoms with Gasteiger partial charge >= 0.3 is 5.97 Å². The van der Waals surface area contributed by atoms with Crippen molar-refractivity contribution in [2.24, 2.45) is 5.92 Å². The van der Waals surface area contributed by atoms with Crippen molar-refractivity contribution in [3.8, 4) is 0 Å². The van der Waals surface area contributed by atoms with Crippen molar-refractivity contribution in [2.45, 2.75) is 39.5 Å². The lowest BCUT2D eigenvalue weighted by molar-refractivity contribution is -0.138. The van der Waals surface area contributed by atoms with E-state index in [-0.39, 0.29) is 13.0 Å². The maximum atomic E-state index is 10.2. The number of hydrogen-bond donors (Lipinski definition) is 1. The third kappa shape index (κ3) is 15.0. The quantitative estimate of drug-likeness (QED) is 0.448. The van der Waals surface area contributed by atoms with Gasteiger partial charge in [-0.25, -0.2) is 0 Å². The zero-order valence-electron chi connectivity index (χ0n) is 10.9. The summed E-state index contributed by atoms with van der Waals surface area (Å²) >= 11 is 0. The van der Waals surface area contributed by atoms with Crippen LogP contribution in [-0.2, 0) is 14.3 Å². The Labute approximate surface area is 104 Å². The fourth-order valence-electron chi connectivity index (χ4n) is 1.19. The first-order chi connectivity index (χ1) is 8.13. The molecule has 0 amide bonds. The molecule has 0 saturated heterocycles. The van der Waals surface area contributed by atoms with Crippen molar-refractivity contribution in [3.05, 3.63) is 12.3 Å². The van der Waals surface area contributed by atoms with Gasteiger partial charge in [0.25, 0.3) is 0 Å². The van der Waals surface area contributed by atoms with E-state index in [1.54, 1.807) is 6.26 Å². The van der Waals surface area contributed by atoms with Gasteiger partial charge in [-0.05, 0) is 31.3 Å². The normalized spacial score (nSPS) is 11.2. The third-order valence-corrected chi connectivity index (χ3v) is 2.13. The smallest absolute Gasteiger partial charge is 0.305 e. The van der Waals surface area contributed by atoms with E-state index in [9.17, 15) is 4.79 Å². The molecule has 4 heteroatoms. The van der Waals surface area contributed by atoms with Crippen LogP contribution in [-0.4, -0.2) is 30.9 Å². The van der Waals surface area contributed by atoms with Gasteiger partial charge in [0.15, 0.2) is 0 Å². The summed E-state index contributed by atoms with van der Waals surface area (Å²) in [4.78, 5) is 10.2. The summed E-state index contributed by atoms with van der Waals surface area (Å²) in [6.07, 6.45) is 6.68. The number of hydrogen-bond acceptors (Lipinski definition) is 3. The first-order valence-electron chi connectivity index (χ1n) is 6.19. The van der Waals surface area contributed by atoms with Gasteiger partial charge in [-0.2, -0.15) is 0 Å². The molecule has 0 atom stereocenters. The van der Waals surface area contributed by atoms with Gasteiger partial charge < -0.3 is 14.6 Å². The Kier molecular flexibility index (Phi) is 10.8. The average molecular weight is 244 g/mol. The molecule has 0 unspecified atom stereocenters. The fourth-order valence-corrected chi connectivity index (χ4v) is 1.19. The second-order valence-corrected chi connectivity index (χ2v) is 4.32. The van der Waals surface area contributed by atoms with Gasteiger partial charge in [0.1, 0.15) is 0 Å². The van der Waals surface area contributed by atoms with Crippen LogP contribution < -0.4 is 0 Å². The van der Waals surface area contributed by atoms with E-state index in [4.69, 9.17) is 14.6 Å². The van der Waals surface area contributed by atoms with Crippen LogP contribution in [0.3, 0.4) is 0 Å². The number of aliphatic carboxylic acids is 1. The van der Waals surface area contributed by atoms with Crippen LogP contribution in [0.2, 0.25) is 0 Å². The highest BCUT2D eigenvalue weighted by Gasteiger charge is 1.95. The van der Waals surface area contributed by atoms with Crippen LogP contribution in [0, 0.1) is 5.92 Å². The molecule has 0 saturated carbocycles. The van der Waals surface area contributed by atoms with Crippen LogP contribution in [0.5, 0.6) is 0 Å². The molecule has 0 aromatic rings. The predicted molar refractivity (Wildman–Crippen MR) is 66.9 cm³/mol. The van der Waals surface area contributed by atoms with Crippen LogP contribution in [0.1, 0.15) is 39.5 Å². The van der Waals surface area contributed by atoms with Crippen molar-refractivity contribution >= 4 is 5.97 Å². The van der Waals surface area contributed by atoms with Crippen LogP contribution in [0.4, 0.5) is 0 Å². The Balaban J connectivity index is 3.12. The maximum absolute atomic E-state index is 10.2. The average Bonchev–Trinajstić information content (AvgIpc) is 2.25. The van der Waals surface area contributed by atoms with Gasteiger partial charge in [-0.3, -0.25) is 4.79 Å². The van der Waals surface area contributed by atoms with E-state index in [2.05, 4.69) is 13.8 Å². The standard InChI is InChI=1S/C13H24O4/c1-12(2)6-5-10-16-8-3-4-9-17-11-7-13(14)15/h3,8,12H,4-7,9-11H2,1-2H3,(H,14,15)/b8-3+. The minimum absolute atomic E-state index is 0.0649. The minimum atomic E-state index is -0.825. The van der Waals surface area contributed by atoms with Gasteiger partial charge in [-0.15, -0.1) is 0 Å². The van der Waals surface area contributed by atoms with Crippen LogP contribution in [0.15, 0.2) is 12.3 Å². The van der Waals surface area contributed by atoms with Crippen LogP contribution >= 0.6 is 0 Å². The fraction of sp³-hybridized carbons (Fsp3) is 0.769. The third-order valence-electron chi connectivity index (χ3n) is 2.13. The number of carboxylic acid groups (broad SMARTS) is 1. The molecule has 0 radical (unpaired) electrons. The largest absolute Gasteiger partial charge is 0.502 e. The molecule has 4 nitrogen and oxygen atoms in total. The molecule has 1 N–H and O–H groups in total. The Morgan fingerprint density at radius 2 is 2.06 bits per heavy atom. The van der Waals surface area contributed by atoms with E-state index in [1.807, 2.05) is 6.08 Å². The highest BCUT2D eigenvalue weighted by atomic mass is 16.5. The van der Waals surface area contributed by atoms with E-state index in [0.717, 1.165) is 25.4 Å². The molecule has 0 aliphatic carbocycles.